The lowest BCUT2D eigenvalue weighted by atomic mass is 10.1. The van der Waals surface area contributed by atoms with E-state index in [4.69, 9.17) is 4.74 Å². The van der Waals surface area contributed by atoms with Gasteiger partial charge in [0.25, 0.3) is 6.04 Å². The average molecular weight is 360 g/mol. The highest BCUT2D eigenvalue weighted by Crippen LogP contribution is 2.17. The number of imidazole rings is 1. The summed E-state index contributed by atoms with van der Waals surface area (Å²) in [5.41, 5.74) is 1.10. The summed E-state index contributed by atoms with van der Waals surface area (Å²) in [5, 5.41) is 14.6. The summed E-state index contributed by atoms with van der Waals surface area (Å²) < 4.78 is 20.4. The van der Waals surface area contributed by atoms with Crippen LogP contribution in [0.1, 0.15) is 12.8 Å². The van der Waals surface area contributed by atoms with Crippen molar-refractivity contribution in [1.29, 1.82) is 0 Å². The van der Waals surface area contributed by atoms with Crippen molar-refractivity contribution in [2.75, 3.05) is 13.2 Å². The van der Waals surface area contributed by atoms with Gasteiger partial charge >= 0.3 is 0 Å². The summed E-state index contributed by atoms with van der Waals surface area (Å²) in [7, 11) is 0. The Morgan fingerprint density at radius 3 is 2.92 bits per heavy atom. The molecule has 2 aromatic rings. The van der Waals surface area contributed by atoms with Crippen molar-refractivity contribution in [3.8, 4) is 0 Å². The first-order chi connectivity index (χ1) is 12.6. The van der Waals surface area contributed by atoms with E-state index in [1.807, 2.05) is 0 Å². The van der Waals surface area contributed by atoms with Gasteiger partial charge in [0, 0.05) is 30.2 Å². The minimum absolute atomic E-state index is 0.0877. The Morgan fingerprint density at radius 1 is 1.35 bits per heavy atom. The van der Waals surface area contributed by atoms with E-state index < -0.39 is 22.9 Å². The number of benzene rings is 1. The van der Waals surface area contributed by atoms with Crippen LogP contribution in [0.25, 0.3) is 11.0 Å². The highest BCUT2D eigenvalue weighted by atomic mass is 19.1. The van der Waals surface area contributed by atoms with Crippen molar-refractivity contribution < 1.29 is 14.1 Å². The molecule has 0 radical (unpaired) electrons. The molecule has 0 amide bonds. The first-order valence-electron chi connectivity index (χ1n) is 8.34. The van der Waals surface area contributed by atoms with E-state index in [2.05, 4.69) is 20.3 Å². The number of nitrogens with zero attached hydrogens (tertiary/aromatic N) is 5. The smallest absolute Gasteiger partial charge is 0.283 e. The van der Waals surface area contributed by atoms with Gasteiger partial charge in [0.05, 0.1) is 17.2 Å². The van der Waals surface area contributed by atoms with Gasteiger partial charge in [0.1, 0.15) is 12.1 Å². The molecule has 3 heterocycles. The van der Waals surface area contributed by atoms with Gasteiger partial charge in [0.2, 0.25) is 5.96 Å². The third kappa shape index (κ3) is 3.20. The molecule has 2 atom stereocenters. The van der Waals surface area contributed by atoms with Gasteiger partial charge in [-0.25, -0.2) is 19.4 Å². The van der Waals surface area contributed by atoms with Crippen molar-refractivity contribution in [2.24, 2.45) is 9.98 Å². The van der Waals surface area contributed by atoms with E-state index in [0.29, 0.717) is 24.2 Å². The van der Waals surface area contributed by atoms with E-state index in [1.54, 1.807) is 6.07 Å². The summed E-state index contributed by atoms with van der Waals surface area (Å²) in [4.78, 5) is 23.7. The molecular weight excluding hydrogens is 343 g/mol. The largest absolute Gasteiger partial charge is 0.381 e. The number of nitro groups is 1. The standard InChI is InChI=1S/C16H17FN6O3/c17-10-1-2-12-13(7-10)22(9-19-12)16-18-8-14(23(24)25)15(21-16)20-11-3-5-26-6-4-11/h1-2,7-9,11,14-15,20H,3-6H2. The Kier molecular flexibility index (Phi) is 4.43. The van der Waals surface area contributed by atoms with Crippen molar-refractivity contribution >= 4 is 23.2 Å². The second-order valence-corrected chi connectivity index (χ2v) is 6.23. The first-order valence-corrected chi connectivity index (χ1v) is 8.34. The number of fused-ring (bicyclic) bond motifs is 1. The molecule has 4 rings (SSSR count). The number of halogens is 1. The van der Waals surface area contributed by atoms with E-state index in [9.17, 15) is 14.5 Å². The third-order valence-corrected chi connectivity index (χ3v) is 4.52. The highest BCUT2D eigenvalue weighted by Gasteiger charge is 2.35. The second-order valence-electron chi connectivity index (χ2n) is 6.23. The van der Waals surface area contributed by atoms with Crippen LogP contribution in [0.15, 0.2) is 34.5 Å². The van der Waals surface area contributed by atoms with Gasteiger partial charge in [-0.1, -0.05) is 0 Å². The lowest BCUT2D eigenvalue weighted by Gasteiger charge is -2.28. The SMILES string of the molecule is O=[N+]([O-])C1C=NC(n2cnc3ccc(F)cc32)=NC1NC1CCOCC1. The Morgan fingerprint density at radius 2 is 2.15 bits per heavy atom. The van der Waals surface area contributed by atoms with Crippen molar-refractivity contribution in [2.45, 2.75) is 31.1 Å². The van der Waals surface area contributed by atoms with Crippen LogP contribution in [0.4, 0.5) is 4.39 Å². The predicted octanol–water partition coefficient (Wildman–Crippen LogP) is 1.20. The van der Waals surface area contributed by atoms with E-state index in [-0.39, 0.29) is 12.0 Å². The second kappa shape index (κ2) is 6.89. The summed E-state index contributed by atoms with van der Waals surface area (Å²) in [6, 6.07) is 3.24. The minimum atomic E-state index is -1.06. The van der Waals surface area contributed by atoms with Gasteiger partial charge in [0.15, 0.2) is 6.17 Å². The maximum atomic E-state index is 13.6. The molecule has 1 aromatic carbocycles. The Hall–Kier alpha value is -2.72. The summed E-state index contributed by atoms with van der Waals surface area (Å²) in [6.07, 6.45) is 3.53. The van der Waals surface area contributed by atoms with E-state index >= 15 is 0 Å². The van der Waals surface area contributed by atoms with Crippen molar-refractivity contribution in [3.05, 3.63) is 40.5 Å². The Labute approximate surface area is 147 Å². The fourth-order valence-electron chi connectivity index (χ4n) is 3.13. The first kappa shape index (κ1) is 16.7. The molecule has 0 saturated carbocycles. The van der Waals surface area contributed by atoms with Gasteiger partial charge < -0.3 is 4.74 Å². The van der Waals surface area contributed by atoms with Crippen LogP contribution in [-0.2, 0) is 4.74 Å². The van der Waals surface area contributed by atoms with Crippen molar-refractivity contribution in [3.63, 3.8) is 0 Å². The average Bonchev–Trinajstić information content (AvgIpc) is 3.05. The van der Waals surface area contributed by atoms with Crippen LogP contribution in [0.2, 0.25) is 0 Å². The van der Waals surface area contributed by atoms with Crippen LogP contribution in [-0.4, -0.2) is 58.1 Å². The maximum absolute atomic E-state index is 13.6. The molecule has 26 heavy (non-hydrogen) atoms. The summed E-state index contributed by atoms with van der Waals surface area (Å²) in [6.45, 7) is 1.23. The zero-order chi connectivity index (χ0) is 18.1. The molecule has 1 saturated heterocycles. The fourth-order valence-corrected chi connectivity index (χ4v) is 3.13. The topological polar surface area (TPSA) is 107 Å². The number of aromatic nitrogens is 2. The fraction of sp³-hybridized carbons (Fsp3) is 0.438. The molecule has 9 nitrogen and oxygen atoms in total. The van der Waals surface area contributed by atoms with Gasteiger partial charge in [-0.3, -0.25) is 20.0 Å². The highest BCUT2D eigenvalue weighted by molar-refractivity contribution is 5.97. The molecule has 1 N–H and O–H groups in total. The van der Waals surface area contributed by atoms with Crippen LogP contribution in [0, 0.1) is 15.9 Å². The van der Waals surface area contributed by atoms with Crippen molar-refractivity contribution in [1.82, 2.24) is 14.9 Å². The number of rotatable bonds is 3. The third-order valence-electron chi connectivity index (χ3n) is 4.52. The number of nitrogens with one attached hydrogen (secondary N) is 1. The van der Waals surface area contributed by atoms with Gasteiger partial charge in [-0.05, 0) is 25.0 Å². The molecule has 2 unspecified atom stereocenters. The number of ether oxygens (including phenoxy) is 1. The molecule has 1 fully saturated rings. The molecule has 136 valence electrons. The normalized spacial score (nSPS) is 24.0. The van der Waals surface area contributed by atoms with Gasteiger partial charge in [-0.15, -0.1) is 0 Å². The predicted molar refractivity (Wildman–Crippen MR) is 92.6 cm³/mol. The monoisotopic (exact) mass is 360 g/mol. The molecule has 1 aromatic heterocycles. The Balaban J connectivity index is 1.66. The van der Waals surface area contributed by atoms with Gasteiger partial charge in [-0.2, -0.15) is 0 Å². The number of hydrogen-bond acceptors (Lipinski definition) is 7. The summed E-state index contributed by atoms with van der Waals surface area (Å²) >= 11 is 0. The van der Waals surface area contributed by atoms with Crippen LogP contribution < -0.4 is 5.32 Å². The molecule has 10 heteroatoms. The summed E-state index contributed by atoms with van der Waals surface area (Å²) in [5.74, 6) is -0.166. The molecule has 2 aliphatic heterocycles. The minimum Gasteiger partial charge on any atom is -0.381 e. The molecule has 0 aliphatic carbocycles. The quantitative estimate of drug-likeness (QED) is 0.654. The molecule has 2 aliphatic rings. The zero-order valence-corrected chi connectivity index (χ0v) is 13.8. The molecule has 0 bridgehead atoms. The lowest BCUT2D eigenvalue weighted by Crippen LogP contribution is -2.51. The number of hydrogen-bond donors (Lipinski definition) is 1. The van der Waals surface area contributed by atoms with E-state index in [0.717, 1.165) is 12.8 Å². The van der Waals surface area contributed by atoms with Crippen LogP contribution >= 0.6 is 0 Å². The lowest BCUT2D eigenvalue weighted by molar-refractivity contribution is -0.505. The maximum Gasteiger partial charge on any atom is 0.283 e. The molecular formula is C16H17FN6O3. The zero-order valence-electron chi connectivity index (χ0n) is 13.8. The molecule has 0 spiro atoms. The Bertz CT molecular complexity index is 889. The number of aliphatic imine (C=N–C) groups is 2. The van der Waals surface area contributed by atoms with E-state index in [1.165, 1.54) is 29.2 Å². The van der Waals surface area contributed by atoms with Crippen LogP contribution in [0.5, 0.6) is 0 Å². The van der Waals surface area contributed by atoms with Crippen LogP contribution in [0.3, 0.4) is 0 Å².